The van der Waals surface area contributed by atoms with Crippen LogP contribution in [-0.2, 0) is 5.41 Å². The Morgan fingerprint density at radius 2 is 1.45 bits per heavy atom. The Labute approximate surface area is 173 Å². The van der Waals surface area contributed by atoms with E-state index in [0.29, 0.717) is 11.0 Å². The van der Waals surface area contributed by atoms with Gasteiger partial charge in [0.25, 0.3) is 5.91 Å². The maximum atomic E-state index is 12.6. The van der Waals surface area contributed by atoms with Crippen molar-refractivity contribution in [3.05, 3.63) is 59.7 Å². The number of benzene rings is 2. The normalized spacial score (nSPS) is 29.8. The monoisotopic (exact) mass is 389 g/mol. The van der Waals surface area contributed by atoms with Crippen LogP contribution in [0.3, 0.4) is 0 Å². The number of anilines is 1. The molecule has 0 saturated heterocycles. The van der Waals surface area contributed by atoms with E-state index in [0.717, 1.165) is 29.2 Å². The number of carbonyl (C=O) groups excluding carboxylic acids is 1. The summed E-state index contributed by atoms with van der Waals surface area (Å²) in [4.78, 5) is 12.6. The number of hydrogen-bond donors (Lipinski definition) is 1. The van der Waals surface area contributed by atoms with Crippen LogP contribution >= 0.6 is 0 Å². The molecule has 0 atom stereocenters. The molecule has 3 heteroatoms. The Hall–Kier alpha value is -2.29. The maximum absolute atomic E-state index is 12.6. The van der Waals surface area contributed by atoms with Crippen molar-refractivity contribution in [2.75, 3.05) is 5.32 Å². The Morgan fingerprint density at radius 1 is 0.897 bits per heavy atom. The van der Waals surface area contributed by atoms with Crippen molar-refractivity contribution in [2.24, 2.45) is 17.8 Å². The highest BCUT2D eigenvalue weighted by Crippen LogP contribution is 2.60. The standard InChI is InChI=1S/C26H31NO2/c1-17(2)29-24-9-3-21(4-10-24)25(28)27-23-7-5-22(6-8-23)26-14-18-11-19(15-26)13-20(12-18)16-26/h3-10,17-20H,11-16H2,1-2H3,(H,27,28). The third-order valence-corrected chi connectivity index (χ3v) is 7.28. The van der Waals surface area contributed by atoms with Gasteiger partial charge in [0.2, 0.25) is 0 Å². The van der Waals surface area contributed by atoms with Gasteiger partial charge in [0.15, 0.2) is 0 Å². The van der Waals surface area contributed by atoms with Gasteiger partial charge in [0.05, 0.1) is 6.10 Å². The molecule has 4 bridgehead atoms. The van der Waals surface area contributed by atoms with Gasteiger partial charge in [0, 0.05) is 11.3 Å². The molecule has 152 valence electrons. The summed E-state index contributed by atoms with van der Waals surface area (Å²) in [5.74, 6) is 3.55. The molecule has 4 saturated carbocycles. The predicted octanol–water partition coefficient (Wildman–Crippen LogP) is 6.19. The summed E-state index contributed by atoms with van der Waals surface area (Å²) in [7, 11) is 0. The van der Waals surface area contributed by atoms with Gasteiger partial charge in [-0.25, -0.2) is 0 Å². The van der Waals surface area contributed by atoms with E-state index in [1.807, 2.05) is 38.1 Å². The first-order valence-corrected chi connectivity index (χ1v) is 11.2. The van der Waals surface area contributed by atoms with E-state index in [-0.39, 0.29) is 12.0 Å². The van der Waals surface area contributed by atoms with Crippen LogP contribution in [0.15, 0.2) is 48.5 Å². The van der Waals surface area contributed by atoms with Crippen LogP contribution in [0.2, 0.25) is 0 Å². The van der Waals surface area contributed by atoms with Gasteiger partial charge in [-0.1, -0.05) is 12.1 Å². The van der Waals surface area contributed by atoms with Crippen LogP contribution in [0.1, 0.15) is 68.3 Å². The van der Waals surface area contributed by atoms with Crippen molar-refractivity contribution in [1.82, 2.24) is 0 Å². The smallest absolute Gasteiger partial charge is 0.255 e. The van der Waals surface area contributed by atoms with Gasteiger partial charge in [0.1, 0.15) is 5.75 Å². The van der Waals surface area contributed by atoms with Crippen LogP contribution in [-0.4, -0.2) is 12.0 Å². The first kappa shape index (κ1) is 18.7. The van der Waals surface area contributed by atoms with Crippen LogP contribution < -0.4 is 10.1 Å². The van der Waals surface area contributed by atoms with Gasteiger partial charge < -0.3 is 10.1 Å². The molecule has 2 aromatic rings. The third-order valence-electron chi connectivity index (χ3n) is 7.28. The van der Waals surface area contributed by atoms with E-state index in [1.54, 1.807) is 0 Å². The van der Waals surface area contributed by atoms with E-state index in [9.17, 15) is 4.79 Å². The van der Waals surface area contributed by atoms with Crippen molar-refractivity contribution in [2.45, 2.75) is 63.9 Å². The molecule has 0 radical (unpaired) electrons. The molecule has 1 amide bonds. The number of amides is 1. The predicted molar refractivity (Wildman–Crippen MR) is 116 cm³/mol. The summed E-state index contributed by atoms with van der Waals surface area (Å²) in [5.41, 5.74) is 3.41. The fraction of sp³-hybridized carbons (Fsp3) is 0.500. The van der Waals surface area contributed by atoms with Crippen molar-refractivity contribution in [3.8, 4) is 5.75 Å². The molecule has 4 aliphatic rings. The Bertz CT molecular complexity index is 847. The molecular weight excluding hydrogens is 358 g/mol. The van der Waals surface area contributed by atoms with Gasteiger partial charge in [-0.3, -0.25) is 4.79 Å². The van der Waals surface area contributed by atoms with Crippen LogP contribution in [0.25, 0.3) is 0 Å². The van der Waals surface area contributed by atoms with Crippen molar-refractivity contribution < 1.29 is 9.53 Å². The quantitative estimate of drug-likeness (QED) is 0.662. The summed E-state index contributed by atoms with van der Waals surface area (Å²) in [6.45, 7) is 3.99. The van der Waals surface area contributed by atoms with E-state index >= 15 is 0 Å². The van der Waals surface area contributed by atoms with E-state index < -0.39 is 0 Å². The largest absolute Gasteiger partial charge is 0.491 e. The number of hydrogen-bond acceptors (Lipinski definition) is 2. The summed E-state index contributed by atoms with van der Waals surface area (Å²) < 4.78 is 5.65. The molecule has 0 heterocycles. The highest BCUT2D eigenvalue weighted by molar-refractivity contribution is 6.04. The second-order valence-electron chi connectivity index (χ2n) is 9.92. The molecule has 0 spiro atoms. The molecule has 4 fully saturated rings. The second-order valence-corrected chi connectivity index (χ2v) is 9.92. The van der Waals surface area contributed by atoms with E-state index in [4.69, 9.17) is 4.74 Å². The molecule has 6 rings (SSSR count). The highest BCUT2D eigenvalue weighted by Gasteiger charge is 2.51. The van der Waals surface area contributed by atoms with Gasteiger partial charge in [-0.2, -0.15) is 0 Å². The molecule has 29 heavy (non-hydrogen) atoms. The lowest BCUT2D eigenvalue weighted by Crippen LogP contribution is -2.48. The van der Waals surface area contributed by atoms with Crippen molar-refractivity contribution in [3.63, 3.8) is 0 Å². The average molecular weight is 390 g/mol. The first-order valence-electron chi connectivity index (χ1n) is 11.2. The number of carbonyl (C=O) groups is 1. The lowest BCUT2D eigenvalue weighted by Gasteiger charge is -2.57. The summed E-state index contributed by atoms with van der Waals surface area (Å²) in [6.07, 6.45) is 8.64. The number of nitrogens with one attached hydrogen (secondary N) is 1. The maximum Gasteiger partial charge on any atom is 0.255 e. The van der Waals surface area contributed by atoms with Gasteiger partial charge in [-0.05, 0) is 118 Å². The molecule has 0 aliphatic heterocycles. The van der Waals surface area contributed by atoms with E-state index in [1.165, 1.54) is 44.1 Å². The van der Waals surface area contributed by atoms with Crippen LogP contribution in [0.5, 0.6) is 5.75 Å². The topological polar surface area (TPSA) is 38.3 Å². The molecule has 4 aliphatic carbocycles. The van der Waals surface area contributed by atoms with E-state index in [2.05, 4.69) is 29.6 Å². The van der Waals surface area contributed by atoms with Crippen molar-refractivity contribution in [1.29, 1.82) is 0 Å². The highest BCUT2D eigenvalue weighted by atomic mass is 16.5. The Kier molecular flexibility index (Phi) is 4.64. The number of rotatable bonds is 5. The fourth-order valence-corrected chi connectivity index (χ4v) is 6.53. The van der Waals surface area contributed by atoms with Crippen LogP contribution in [0.4, 0.5) is 5.69 Å². The summed E-state index contributed by atoms with van der Waals surface area (Å²) >= 11 is 0. The van der Waals surface area contributed by atoms with Gasteiger partial charge >= 0.3 is 0 Å². The molecule has 0 aromatic heterocycles. The number of ether oxygens (including phenoxy) is 1. The lowest BCUT2D eigenvalue weighted by molar-refractivity contribution is -0.00518. The molecular formula is C26H31NO2. The van der Waals surface area contributed by atoms with Gasteiger partial charge in [-0.15, -0.1) is 0 Å². The fourth-order valence-electron chi connectivity index (χ4n) is 6.53. The molecule has 0 unspecified atom stereocenters. The Morgan fingerprint density at radius 3 is 1.97 bits per heavy atom. The Balaban J connectivity index is 1.27. The minimum absolute atomic E-state index is 0.0800. The van der Waals surface area contributed by atoms with Crippen molar-refractivity contribution >= 4 is 11.6 Å². The zero-order chi connectivity index (χ0) is 20.0. The molecule has 2 aromatic carbocycles. The molecule has 3 nitrogen and oxygen atoms in total. The first-order chi connectivity index (χ1) is 14.0. The SMILES string of the molecule is CC(C)Oc1ccc(C(=O)Nc2ccc(C34CC5CC(CC(C5)C3)C4)cc2)cc1. The van der Waals surface area contributed by atoms with Crippen LogP contribution in [0, 0.1) is 17.8 Å². The average Bonchev–Trinajstić information content (AvgIpc) is 2.67. The minimum atomic E-state index is -0.0800. The second kappa shape index (κ2) is 7.19. The molecule has 1 N–H and O–H groups in total. The zero-order valence-electron chi connectivity index (χ0n) is 17.5. The minimum Gasteiger partial charge on any atom is -0.491 e. The third kappa shape index (κ3) is 3.68. The summed E-state index contributed by atoms with van der Waals surface area (Å²) in [5, 5.41) is 3.04. The summed E-state index contributed by atoms with van der Waals surface area (Å²) in [6, 6.07) is 16.0. The lowest BCUT2D eigenvalue weighted by atomic mass is 9.48. The zero-order valence-corrected chi connectivity index (χ0v) is 17.5.